The number of nitrogens with one attached hydrogen (secondary N) is 3. The summed E-state index contributed by atoms with van der Waals surface area (Å²) in [7, 11) is 0. The Morgan fingerprint density at radius 3 is 1.07 bits per heavy atom. The highest BCUT2D eigenvalue weighted by atomic mass is 16.4. The highest BCUT2D eigenvalue weighted by molar-refractivity contribution is 5.87. The average molecular weight is 906 g/mol. The molecule has 3 aliphatic heterocycles. The van der Waals surface area contributed by atoms with Gasteiger partial charge in [0.2, 0.25) is 0 Å². The molecule has 6 unspecified atom stereocenters. The van der Waals surface area contributed by atoms with Crippen molar-refractivity contribution in [3.8, 4) is 0 Å². The van der Waals surface area contributed by atoms with E-state index < -0.39 is 35.7 Å². The van der Waals surface area contributed by atoms with Crippen molar-refractivity contribution >= 4 is 50.2 Å². The number of hydrogen-bond donors (Lipinski definition) is 6. The lowest BCUT2D eigenvalue weighted by molar-refractivity contribution is -0.144. The standard InChI is InChI=1S/C54H63N7O6/c62-52(63)46(40-7-16-55-31-40)28-34-1-4-37-10-19-58-49(43(37)25-34)13-22-61(23-14-50-44-26-35(2-5-38(44)11-20-59-50)29-47(53(64)65)41-8-17-56-32-41)24-15-51-45-27-36(3-6-39(45)12-21-60-51)30-48(54(66)67)42-9-18-57-33-42/h1-6,10-12,19-21,25-27,40-42,46-48,55-57H,7-9,13-18,22-24,28-33H2,(H,62,63)(H,64,65)(H,66,67). The fourth-order valence-electron chi connectivity index (χ4n) is 11.1. The van der Waals surface area contributed by atoms with Gasteiger partial charge in [0.25, 0.3) is 0 Å². The van der Waals surface area contributed by atoms with Crippen LogP contribution in [-0.4, -0.2) is 112 Å². The van der Waals surface area contributed by atoms with Crippen LogP contribution in [0.5, 0.6) is 0 Å². The lowest BCUT2D eigenvalue weighted by Crippen LogP contribution is -2.31. The van der Waals surface area contributed by atoms with Gasteiger partial charge in [-0.3, -0.25) is 29.3 Å². The third-order valence-electron chi connectivity index (χ3n) is 15.1. The molecule has 0 saturated carbocycles. The third kappa shape index (κ3) is 11.1. The lowest BCUT2D eigenvalue weighted by atomic mass is 9.85. The van der Waals surface area contributed by atoms with Crippen LogP contribution in [0.2, 0.25) is 0 Å². The maximum atomic E-state index is 12.4. The summed E-state index contributed by atoms with van der Waals surface area (Å²) >= 11 is 0. The topological polar surface area (TPSA) is 190 Å². The van der Waals surface area contributed by atoms with Gasteiger partial charge in [-0.2, -0.15) is 0 Å². The molecule has 6 heterocycles. The van der Waals surface area contributed by atoms with E-state index in [1.165, 1.54) is 0 Å². The lowest BCUT2D eigenvalue weighted by Gasteiger charge is -2.23. The fourth-order valence-corrected chi connectivity index (χ4v) is 11.1. The zero-order valence-electron chi connectivity index (χ0n) is 38.2. The number of nitrogens with zero attached hydrogens (tertiary/aromatic N) is 4. The first-order valence-corrected chi connectivity index (χ1v) is 24.3. The molecule has 3 saturated heterocycles. The summed E-state index contributed by atoms with van der Waals surface area (Å²) in [6.07, 6.45) is 11.6. The number of aliphatic carboxylic acids is 3. The number of aromatic nitrogens is 3. The molecular formula is C54H63N7O6. The summed E-state index contributed by atoms with van der Waals surface area (Å²) in [6, 6.07) is 24.9. The molecule has 0 amide bonds. The number of benzene rings is 3. The van der Waals surface area contributed by atoms with Crippen molar-refractivity contribution in [1.82, 2.24) is 35.8 Å². The molecule has 6 aromatic rings. The Hall–Kier alpha value is -5.86. The predicted molar refractivity (Wildman–Crippen MR) is 260 cm³/mol. The highest BCUT2D eigenvalue weighted by Gasteiger charge is 2.33. The molecule has 9 rings (SSSR count). The Kier molecular flexibility index (Phi) is 14.8. The third-order valence-corrected chi connectivity index (χ3v) is 15.1. The summed E-state index contributed by atoms with van der Waals surface area (Å²) in [5, 5.41) is 47.0. The van der Waals surface area contributed by atoms with E-state index in [0.29, 0.717) is 58.2 Å². The van der Waals surface area contributed by atoms with Gasteiger partial charge in [0.05, 0.1) is 17.8 Å². The van der Waals surface area contributed by atoms with E-state index in [4.69, 9.17) is 15.0 Å². The number of pyridine rings is 3. The quantitative estimate of drug-likeness (QED) is 0.0478. The van der Waals surface area contributed by atoms with E-state index in [1.54, 1.807) is 0 Å². The van der Waals surface area contributed by atoms with Gasteiger partial charge in [0.15, 0.2) is 0 Å². The largest absolute Gasteiger partial charge is 0.481 e. The summed E-state index contributed by atoms with van der Waals surface area (Å²) < 4.78 is 0. The van der Waals surface area contributed by atoms with Crippen LogP contribution in [0.4, 0.5) is 0 Å². The Balaban J connectivity index is 0.976. The molecule has 0 aliphatic carbocycles. The summed E-state index contributed by atoms with van der Waals surface area (Å²) in [4.78, 5) is 54.5. The van der Waals surface area contributed by atoms with E-state index >= 15 is 0 Å². The number of hydrogen-bond acceptors (Lipinski definition) is 10. The van der Waals surface area contributed by atoms with Gasteiger partial charge in [-0.15, -0.1) is 0 Å². The Bertz CT molecular complexity index is 2420. The molecule has 3 aliphatic rings. The second-order valence-electron chi connectivity index (χ2n) is 19.2. The smallest absolute Gasteiger partial charge is 0.307 e. The molecule has 3 fully saturated rings. The molecule has 6 atom stereocenters. The molecule has 0 radical (unpaired) electrons. The van der Waals surface area contributed by atoms with Crippen LogP contribution in [0.15, 0.2) is 91.4 Å². The molecule has 13 nitrogen and oxygen atoms in total. The number of carbonyl (C=O) groups is 3. The number of carboxylic acid groups (broad SMARTS) is 3. The van der Waals surface area contributed by atoms with Crippen molar-refractivity contribution in [2.24, 2.45) is 35.5 Å². The van der Waals surface area contributed by atoms with E-state index in [1.807, 2.05) is 36.8 Å². The van der Waals surface area contributed by atoms with Crippen LogP contribution >= 0.6 is 0 Å². The Morgan fingerprint density at radius 1 is 0.493 bits per heavy atom. The minimum atomic E-state index is -0.748. The average Bonchev–Trinajstić information content (AvgIpc) is 4.17. The SMILES string of the molecule is O=C(O)C(Cc1ccc2ccnc(CCN(CCc3nccc4ccc(CC(C(=O)O)C5CCNC5)cc34)CCc3nccc4ccc(CC(C(=O)O)C5CCNC5)cc34)c2c1)C1CCNC1. The zero-order valence-corrected chi connectivity index (χ0v) is 38.2. The van der Waals surface area contributed by atoms with Crippen molar-refractivity contribution < 1.29 is 29.7 Å². The van der Waals surface area contributed by atoms with E-state index in [0.717, 1.165) is 125 Å². The van der Waals surface area contributed by atoms with Crippen molar-refractivity contribution in [2.45, 2.75) is 57.8 Å². The minimum Gasteiger partial charge on any atom is -0.481 e. The first-order chi connectivity index (χ1) is 32.7. The van der Waals surface area contributed by atoms with E-state index in [-0.39, 0.29) is 17.8 Å². The molecule has 6 N–H and O–H groups in total. The molecular weight excluding hydrogens is 843 g/mol. The molecule has 3 aromatic carbocycles. The van der Waals surface area contributed by atoms with Crippen molar-refractivity contribution in [3.63, 3.8) is 0 Å². The molecule has 13 heteroatoms. The van der Waals surface area contributed by atoms with Gasteiger partial charge in [-0.05, 0) is 165 Å². The van der Waals surface area contributed by atoms with Gasteiger partial charge >= 0.3 is 17.9 Å². The monoisotopic (exact) mass is 905 g/mol. The predicted octanol–water partition coefficient (Wildman–Crippen LogP) is 6.22. The second-order valence-corrected chi connectivity index (χ2v) is 19.2. The van der Waals surface area contributed by atoms with Crippen molar-refractivity contribution in [3.05, 3.63) is 125 Å². The fraction of sp³-hybridized carbons (Fsp3) is 0.444. The normalized spacial score (nSPS) is 19.9. The number of fused-ring (bicyclic) bond motifs is 3. The second kappa shape index (κ2) is 21.4. The van der Waals surface area contributed by atoms with Crippen molar-refractivity contribution in [1.29, 1.82) is 0 Å². The van der Waals surface area contributed by atoms with Crippen LogP contribution in [0, 0.1) is 35.5 Å². The highest BCUT2D eigenvalue weighted by Crippen LogP contribution is 2.30. The van der Waals surface area contributed by atoms with Gasteiger partial charge in [-0.1, -0.05) is 36.4 Å². The molecule has 350 valence electrons. The maximum Gasteiger partial charge on any atom is 0.307 e. The number of carboxylic acids is 3. The Labute approximate surface area is 391 Å². The van der Waals surface area contributed by atoms with Crippen LogP contribution in [0.3, 0.4) is 0 Å². The maximum absolute atomic E-state index is 12.4. The molecule has 0 spiro atoms. The first kappa shape index (κ1) is 46.3. The van der Waals surface area contributed by atoms with E-state index in [9.17, 15) is 29.7 Å². The summed E-state index contributed by atoms with van der Waals surface area (Å²) in [5.74, 6) is -3.29. The molecule has 0 bridgehead atoms. The first-order valence-electron chi connectivity index (χ1n) is 24.3. The minimum absolute atomic E-state index is 0.105. The zero-order chi connectivity index (χ0) is 46.3. The summed E-state index contributed by atoms with van der Waals surface area (Å²) in [5.41, 5.74) is 5.92. The number of rotatable bonds is 21. The van der Waals surface area contributed by atoms with Gasteiger partial charge in [0.1, 0.15) is 0 Å². The summed E-state index contributed by atoms with van der Waals surface area (Å²) in [6.45, 7) is 6.86. The molecule has 67 heavy (non-hydrogen) atoms. The van der Waals surface area contributed by atoms with Crippen LogP contribution in [0.1, 0.15) is 53.0 Å². The van der Waals surface area contributed by atoms with E-state index in [2.05, 4.69) is 75.4 Å². The van der Waals surface area contributed by atoms with Crippen LogP contribution in [-0.2, 0) is 52.9 Å². The van der Waals surface area contributed by atoms with Gasteiger partial charge in [-0.25, -0.2) is 0 Å². The van der Waals surface area contributed by atoms with Gasteiger partial charge in [0, 0.05) is 90.7 Å². The van der Waals surface area contributed by atoms with Crippen molar-refractivity contribution in [2.75, 3.05) is 58.9 Å². The molecule has 3 aromatic heterocycles. The van der Waals surface area contributed by atoms with Gasteiger partial charge < -0.3 is 36.2 Å². The van der Waals surface area contributed by atoms with Crippen LogP contribution in [0.25, 0.3) is 32.3 Å². The Morgan fingerprint density at radius 2 is 0.806 bits per heavy atom. The van der Waals surface area contributed by atoms with Crippen LogP contribution < -0.4 is 16.0 Å².